The predicted octanol–water partition coefficient (Wildman–Crippen LogP) is 3.61. The van der Waals surface area contributed by atoms with Gasteiger partial charge in [-0.1, -0.05) is 31.5 Å². The minimum absolute atomic E-state index is 0.610. The summed E-state index contributed by atoms with van der Waals surface area (Å²) in [6.07, 6.45) is 4.01. The lowest BCUT2D eigenvalue weighted by molar-refractivity contribution is 0.487. The van der Waals surface area contributed by atoms with Gasteiger partial charge in [-0.3, -0.25) is 0 Å². The molecule has 1 nitrogen and oxygen atoms in total. The van der Waals surface area contributed by atoms with Crippen molar-refractivity contribution in [1.29, 1.82) is 0 Å². The maximum absolute atomic E-state index is 3.84. The van der Waals surface area contributed by atoms with Gasteiger partial charge in [-0.15, -0.1) is 11.8 Å². The molecule has 3 atom stereocenters. The van der Waals surface area contributed by atoms with E-state index in [0.717, 1.165) is 12.0 Å². The van der Waals surface area contributed by atoms with E-state index in [-0.39, 0.29) is 0 Å². The molecule has 0 spiro atoms. The molecule has 1 N–H and O–H groups in total. The summed E-state index contributed by atoms with van der Waals surface area (Å²) < 4.78 is 0. The summed E-state index contributed by atoms with van der Waals surface area (Å²) in [5.74, 6) is 2.21. The molecule has 1 aliphatic heterocycles. The molecule has 2 aliphatic rings. The van der Waals surface area contributed by atoms with Gasteiger partial charge in [0, 0.05) is 17.0 Å². The molecule has 0 saturated heterocycles. The van der Waals surface area contributed by atoms with Gasteiger partial charge in [-0.25, -0.2) is 0 Å². The first-order chi connectivity index (χ1) is 7.88. The number of benzene rings is 1. The van der Waals surface area contributed by atoms with E-state index in [1.54, 1.807) is 0 Å². The van der Waals surface area contributed by atoms with E-state index in [1.807, 2.05) is 11.8 Å². The topological polar surface area (TPSA) is 12.0 Å². The Morgan fingerprint density at radius 1 is 1.38 bits per heavy atom. The number of hydrogen-bond acceptors (Lipinski definition) is 2. The fourth-order valence-electron chi connectivity index (χ4n) is 2.68. The van der Waals surface area contributed by atoms with Crippen molar-refractivity contribution in [2.24, 2.45) is 5.92 Å². The third kappa shape index (κ3) is 2.01. The molecule has 1 aromatic carbocycles. The summed E-state index contributed by atoms with van der Waals surface area (Å²) >= 11 is 2.01. The maximum Gasteiger partial charge on any atom is 0.0341 e. The summed E-state index contributed by atoms with van der Waals surface area (Å²) in [4.78, 5) is 1.49. The van der Waals surface area contributed by atoms with Crippen molar-refractivity contribution >= 4 is 11.8 Å². The number of hydrogen-bond donors (Lipinski definition) is 1. The molecule has 1 saturated carbocycles. The van der Waals surface area contributed by atoms with Gasteiger partial charge in [0.2, 0.25) is 0 Å². The Kier molecular flexibility index (Phi) is 2.95. The first kappa shape index (κ1) is 10.7. The largest absolute Gasteiger partial charge is 0.307 e. The average Bonchev–Trinajstić information content (AvgIpc) is 3.08. The zero-order valence-electron chi connectivity index (χ0n) is 9.78. The Morgan fingerprint density at radius 3 is 3.06 bits per heavy atom. The maximum atomic E-state index is 3.84. The first-order valence-electron chi connectivity index (χ1n) is 6.36. The molecule has 1 heterocycles. The number of nitrogens with one attached hydrogen (secondary N) is 1. The van der Waals surface area contributed by atoms with E-state index in [2.05, 4.69) is 36.5 Å². The first-order valence-corrected chi connectivity index (χ1v) is 7.35. The van der Waals surface area contributed by atoms with Crippen LogP contribution in [0.3, 0.4) is 0 Å². The molecule has 3 rings (SSSR count). The second-order valence-corrected chi connectivity index (χ2v) is 6.04. The lowest BCUT2D eigenvalue weighted by Gasteiger charge is -2.26. The van der Waals surface area contributed by atoms with Crippen LogP contribution in [0.25, 0.3) is 0 Å². The molecular formula is C14H19NS. The lowest BCUT2D eigenvalue weighted by Crippen LogP contribution is -2.27. The van der Waals surface area contributed by atoms with E-state index in [0.29, 0.717) is 6.04 Å². The van der Waals surface area contributed by atoms with E-state index >= 15 is 0 Å². The second kappa shape index (κ2) is 4.42. The Morgan fingerprint density at radius 2 is 2.25 bits per heavy atom. The van der Waals surface area contributed by atoms with Crippen LogP contribution in [-0.4, -0.2) is 11.8 Å². The van der Waals surface area contributed by atoms with Crippen molar-refractivity contribution in [3.63, 3.8) is 0 Å². The van der Waals surface area contributed by atoms with Crippen LogP contribution >= 0.6 is 11.8 Å². The molecule has 0 aromatic heterocycles. The highest BCUT2D eigenvalue weighted by atomic mass is 32.2. The molecule has 1 aliphatic carbocycles. The van der Waals surface area contributed by atoms with Gasteiger partial charge in [0.1, 0.15) is 0 Å². The molecule has 16 heavy (non-hydrogen) atoms. The summed E-state index contributed by atoms with van der Waals surface area (Å²) in [7, 11) is 0. The van der Waals surface area contributed by atoms with Gasteiger partial charge in [-0.05, 0) is 36.1 Å². The Balaban J connectivity index is 1.73. The highest BCUT2D eigenvalue weighted by Crippen LogP contribution is 2.40. The highest BCUT2D eigenvalue weighted by molar-refractivity contribution is 7.99. The Labute approximate surface area is 102 Å². The smallest absolute Gasteiger partial charge is 0.0341 e. The minimum atomic E-state index is 0.610. The van der Waals surface area contributed by atoms with Crippen molar-refractivity contribution in [3.8, 4) is 0 Å². The molecule has 2 heteroatoms. The van der Waals surface area contributed by atoms with Gasteiger partial charge in [0.15, 0.2) is 0 Å². The molecule has 1 aromatic rings. The van der Waals surface area contributed by atoms with Crippen LogP contribution in [0.5, 0.6) is 0 Å². The minimum Gasteiger partial charge on any atom is -0.307 e. The molecule has 1 fully saturated rings. The van der Waals surface area contributed by atoms with E-state index in [1.165, 1.54) is 35.5 Å². The summed E-state index contributed by atoms with van der Waals surface area (Å²) in [6.45, 7) is 2.30. The van der Waals surface area contributed by atoms with Crippen molar-refractivity contribution in [2.75, 3.05) is 5.75 Å². The van der Waals surface area contributed by atoms with E-state index < -0.39 is 0 Å². The van der Waals surface area contributed by atoms with E-state index in [4.69, 9.17) is 0 Å². The summed E-state index contributed by atoms with van der Waals surface area (Å²) in [5.41, 5.74) is 1.53. The van der Waals surface area contributed by atoms with Crippen LogP contribution in [0.2, 0.25) is 0 Å². The number of rotatable bonds is 3. The van der Waals surface area contributed by atoms with Crippen LogP contribution in [0, 0.1) is 5.92 Å². The number of fused-ring (bicyclic) bond motifs is 1. The van der Waals surface area contributed by atoms with Crippen LogP contribution in [0.1, 0.15) is 37.8 Å². The third-order valence-electron chi connectivity index (χ3n) is 3.82. The van der Waals surface area contributed by atoms with Crippen molar-refractivity contribution < 1.29 is 0 Å². The third-order valence-corrected chi connectivity index (χ3v) is 4.94. The lowest BCUT2D eigenvalue weighted by atomic mass is 10.0. The second-order valence-electron chi connectivity index (χ2n) is 4.90. The molecule has 0 radical (unpaired) electrons. The Hall–Kier alpha value is -0.470. The normalized spacial score (nSPS) is 32.2. The SMILES string of the molecule is CCC1CC1NC1CCSc2ccccc21. The van der Waals surface area contributed by atoms with Crippen molar-refractivity contribution in [2.45, 2.75) is 43.2 Å². The van der Waals surface area contributed by atoms with E-state index in [9.17, 15) is 0 Å². The molecule has 86 valence electrons. The van der Waals surface area contributed by atoms with Crippen LogP contribution in [0.15, 0.2) is 29.2 Å². The number of thioether (sulfide) groups is 1. The van der Waals surface area contributed by atoms with Crippen LogP contribution in [-0.2, 0) is 0 Å². The van der Waals surface area contributed by atoms with Gasteiger partial charge in [0.05, 0.1) is 0 Å². The van der Waals surface area contributed by atoms with Gasteiger partial charge in [0.25, 0.3) is 0 Å². The monoisotopic (exact) mass is 233 g/mol. The standard InChI is InChI=1S/C14H19NS/c1-2-10-9-13(10)15-12-7-8-16-14-6-4-3-5-11(12)14/h3-6,10,12-13,15H,2,7-9H2,1H3. The van der Waals surface area contributed by atoms with Gasteiger partial charge >= 0.3 is 0 Å². The molecular weight excluding hydrogens is 214 g/mol. The highest BCUT2D eigenvalue weighted by Gasteiger charge is 2.37. The van der Waals surface area contributed by atoms with Crippen LogP contribution in [0.4, 0.5) is 0 Å². The van der Waals surface area contributed by atoms with Gasteiger partial charge < -0.3 is 5.32 Å². The van der Waals surface area contributed by atoms with Crippen LogP contribution < -0.4 is 5.32 Å². The fourth-order valence-corrected chi connectivity index (χ4v) is 3.80. The van der Waals surface area contributed by atoms with Gasteiger partial charge in [-0.2, -0.15) is 0 Å². The van der Waals surface area contributed by atoms with Crippen molar-refractivity contribution in [3.05, 3.63) is 29.8 Å². The average molecular weight is 233 g/mol. The summed E-state index contributed by atoms with van der Waals surface area (Å²) in [6, 6.07) is 10.3. The zero-order chi connectivity index (χ0) is 11.0. The fraction of sp³-hybridized carbons (Fsp3) is 0.571. The molecule has 0 amide bonds. The zero-order valence-corrected chi connectivity index (χ0v) is 10.6. The quantitative estimate of drug-likeness (QED) is 0.856. The van der Waals surface area contributed by atoms with Crippen molar-refractivity contribution in [1.82, 2.24) is 5.32 Å². The predicted molar refractivity (Wildman–Crippen MR) is 69.8 cm³/mol. The summed E-state index contributed by atoms with van der Waals surface area (Å²) in [5, 5.41) is 3.84. The molecule has 3 unspecified atom stereocenters. The molecule has 0 bridgehead atoms. The Bertz CT molecular complexity index is 377.